The van der Waals surface area contributed by atoms with Gasteiger partial charge in [0.25, 0.3) is 0 Å². The highest BCUT2D eigenvalue weighted by Gasteiger charge is 2.36. The molecule has 0 heterocycles. The molecule has 0 aromatic rings. The number of carbonyl (C=O) groups is 1. The van der Waals surface area contributed by atoms with Crippen LogP contribution in [0.4, 0.5) is 0 Å². The summed E-state index contributed by atoms with van der Waals surface area (Å²) in [7, 11) is 0. The lowest BCUT2D eigenvalue weighted by atomic mass is 9.71. The number of amides is 1. The van der Waals surface area contributed by atoms with Gasteiger partial charge in [0.15, 0.2) is 0 Å². The van der Waals surface area contributed by atoms with Crippen molar-refractivity contribution >= 4 is 5.91 Å². The molecule has 2 saturated carbocycles. The SMILES string of the molecule is CC1(C)CCC(O)(CNC(=O)CC2CCCC2)CC1. The second-order valence-electron chi connectivity index (χ2n) is 7.52. The summed E-state index contributed by atoms with van der Waals surface area (Å²) in [5.41, 5.74) is -0.319. The molecule has 2 aliphatic rings. The van der Waals surface area contributed by atoms with Gasteiger partial charge in [0.1, 0.15) is 0 Å². The molecule has 2 rings (SSSR count). The highest BCUT2D eigenvalue weighted by atomic mass is 16.3. The maximum Gasteiger partial charge on any atom is 0.220 e. The molecule has 110 valence electrons. The summed E-state index contributed by atoms with van der Waals surface area (Å²) in [5.74, 6) is 0.713. The van der Waals surface area contributed by atoms with E-state index in [4.69, 9.17) is 0 Å². The summed E-state index contributed by atoms with van der Waals surface area (Å²) in [6.45, 7) is 4.95. The Kier molecular flexibility index (Phi) is 4.54. The van der Waals surface area contributed by atoms with Crippen molar-refractivity contribution in [2.24, 2.45) is 11.3 Å². The smallest absolute Gasteiger partial charge is 0.220 e. The second-order valence-corrected chi connectivity index (χ2v) is 7.52. The third-order valence-electron chi connectivity index (χ3n) is 5.10. The zero-order valence-corrected chi connectivity index (χ0v) is 12.5. The molecular formula is C16H29NO2. The molecule has 0 saturated heterocycles. The fraction of sp³-hybridized carbons (Fsp3) is 0.938. The fourth-order valence-electron chi connectivity index (χ4n) is 3.38. The first-order valence-corrected chi connectivity index (χ1v) is 7.88. The standard InChI is InChI=1S/C16H29NO2/c1-15(2)7-9-16(19,10-8-15)12-17-14(18)11-13-5-3-4-6-13/h13,19H,3-12H2,1-2H3,(H,17,18). The Morgan fingerprint density at radius 2 is 1.74 bits per heavy atom. The van der Waals surface area contributed by atoms with Crippen LogP contribution < -0.4 is 5.32 Å². The van der Waals surface area contributed by atoms with Gasteiger partial charge in [-0.15, -0.1) is 0 Å². The van der Waals surface area contributed by atoms with Gasteiger partial charge in [0.2, 0.25) is 5.91 Å². The molecule has 0 aliphatic heterocycles. The molecule has 0 atom stereocenters. The highest BCUT2D eigenvalue weighted by Crippen LogP contribution is 2.39. The molecule has 3 nitrogen and oxygen atoms in total. The van der Waals surface area contributed by atoms with Crippen molar-refractivity contribution in [3.63, 3.8) is 0 Å². The molecule has 2 aliphatic carbocycles. The van der Waals surface area contributed by atoms with Crippen LogP contribution in [0.15, 0.2) is 0 Å². The van der Waals surface area contributed by atoms with Crippen LogP contribution >= 0.6 is 0 Å². The Bertz CT molecular complexity index is 309. The summed E-state index contributed by atoms with van der Waals surface area (Å²) in [6, 6.07) is 0. The number of hydrogen-bond donors (Lipinski definition) is 2. The molecule has 0 bridgehead atoms. The van der Waals surface area contributed by atoms with E-state index < -0.39 is 5.60 Å². The quantitative estimate of drug-likeness (QED) is 0.822. The molecule has 1 amide bonds. The van der Waals surface area contributed by atoms with Crippen LogP contribution in [0.2, 0.25) is 0 Å². The Morgan fingerprint density at radius 1 is 1.16 bits per heavy atom. The van der Waals surface area contributed by atoms with Gasteiger partial charge in [-0.25, -0.2) is 0 Å². The Balaban J connectivity index is 1.70. The topological polar surface area (TPSA) is 49.3 Å². The zero-order chi connectivity index (χ0) is 13.9. The minimum atomic E-state index is -0.666. The van der Waals surface area contributed by atoms with E-state index in [1.807, 2.05) is 0 Å². The van der Waals surface area contributed by atoms with Crippen molar-refractivity contribution in [1.82, 2.24) is 5.32 Å². The summed E-state index contributed by atoms with van der Waals surface area (Å²) in [4.78, 5) is 11.9. The van der Waals surface area contributed by atoms with E-state index in [1.165, 1.54) is 25.7 Å². The van der Waals surface area contributed by atoms with Gasteiger partial charge in [-0.3, -0.25) is 4.79 Å². The second kappa shape index (κ2) is 5.82. The van der Waals surface area contributed by atoms with E-state index in [-0.39, 0.29) is 5.91 Å². The van der Waals surface area contributed by atoms with E-state index in [2.05, 4.69) is 19.2 Å². The number of aliphatic hydroxyl groups is 1. The van der Waals surface area contributed by atoms with Gasteiger partial charge in [-0.05, 0) is 49.9 Å². The lowest BCUT2D eigenvalue weighted by Gasteiger charge is -2.40. The zero-order valence-electron chi connectivity index (χ0n) is 12.5. The van der Waals surface area contributed by atoms with Crippen molar-refractivity contribution < 1.29 is 9.90 Å². The van der Waals surface area contributed by atoms with E-state index in [0.717, 1.165) is 25.7 Å². The normalized spacial score (nSPS) is 26.3. The lowest BCUT2D eigenvalue weighted by molar-refractivity contribution is -0.124. The van der Waals surface area contributed by atoms with E-state index in [9.17, 15) is 9.90 Å². The van der Waals surface area contributed by atoms with Crippen molar-refractivity contribution in [3.05, 3.63) is 0 Å². The van der Waals surface area contributed by atoms with Crippen molar-refractivity contribution in [3.8, 4) is 0 Å². The predicted octanol–water partition coefficient (Wildman–Crippen LogP) is 3.01. The number of nitrogens with one attached hydrogen (secondary N) is 1. The van der Waals surface area contributed by atoms with E-state index in [1.54, 1.807) is 0 Å². The molecule has 0 aromatic heterocycles. The van der Waals surface area contributed by atoms with Crippen LogP contribution in [-0.2, 0) is 4.79 Å². The largest absolute Gasteiger partial charge is 0.388 e. The minimum absolute atomic E-state index is 0.130. The van der Waals surface area contributed by atoms with Gasteiger partial charge >= 0.3 is 0 Å². The Morgan fingerprint density at radius 3 is 2.32 bits per heavy atom. The van der Waals surface area contributed by atoms with Gasteiger partial charge in [-0.2, -0.15) is 0 Å². The van der Waals surface area contributed by atoms with Crippen LogP contribution in [0, 0.1) is 11.3 Å². The Hall–Kier alpha value is -0.570. The molecule has 0 unspecified atom stereocenters. The van der Waals surface area contributed by atoms with Crippen molar-refractivity contribution in [2.75, 3.05) is 6.54 Å². The van der Waals surface area contributed by atoms with Crippen LogP contribution in [0.25, 0.3) is 0 Å². The van der Waals surface area contributed by atoms with Gasteiger partial charge < -0.3 is 10.4 Å². The first kappa shape index (κ1) is 14.8. The van der Waals surface area contributed by atoms with E-state index in [0.29, 0.717) is 24.3 Å². The molecule has 2 fully saturated rings. The molecular weight excluding hydrogens is 238 g/mol. The third kappa shape index (κ3) is 4.48. The maximum absolute atomic E-state index is 11.9. The van der Waals surface area contributed by atoms with Crippen molar-refractivity contribution in [2.45, 2.75) is 77.2 Å². The summed E-state index contributed by atoms with van der Waals surface area (Å²) < 4.78 is 0. The number of hydrogen-bond acceptors (Lipinski definition) is 2. The lowest BCUT2D eigenvalue weighted by Crippen LogP contribution is -2.46. The summed E-state index contributed by atoms with van der Waals surface area (Å²) >= 11 is 0. The predicted molar refractivity (Wildman–Crippen MR) is 76.8 cm³/mol. The van der Waals surface area contributed by atoms with Crippen LogP contribution in [0.5, 0.6) is 0 Å². The number of rotatable bonds is 4. The van der Waals surface area contributed by atoms with E-state index >= 15 is 0 Å². The average Bonchev–Trinajstić information content (AvgIpc) is 2.84. The van der Waals surface area contributed by atoms with Gasteiger partial charge in [0.05, 0.1) is 5.60 Å². The summed E-state index contributed by atoms with van der Waals surface area (Å²) in [6.07, 6.45) is 9.31. The number of carbonyl (C=O) groups excluding carboxylic acids is 1. The first-order valence-electron chi connectivity index (χ1n) is 7.88. The summed E-state index contributed by atoms with van der Waals surface area (Å²) in [5, 5.41) is 13.5. The van der Waals surface area contributed by atoms with Gasteiger partial charge in [-0.1, -0.05) is 26.7 Å². The molecule has 0 radical (unpaired) electrons. The van der Waals surface area contributed by atoms with Crippen molar-refractivity contribution in [1.29, 1.82) is 0 Å². The van der Waals surface area contributed by atoms with Crippen LogP contribution in [0.3, 0.4) is 0 Å². The highest BCUT2D eigenvalue weighted by molar-refractivity contribution is 5.76. The van der Waals surface area contributed by atoms with Crippen LogP contribution in [-0.4, -0.2) is 23.2 Å². The Labute approximate surface area is 117 Å². The monoisotopic (exact) mass is 267 g/mol. The van der Waals surface area contributed by atoms with Gasteiger partial charge in [0, 0.05) is 13.0 Å². The molecule has 2 N–H and O–H groups in total. The average molecular weight is 267 g/mol. The third-order valence-corrected chi connectivity index (χ3v) is 5.10. The molecule has 19 heavy (non-hydrogen) atoms. The fourth-order valence-corrected chi connectivity index (χ4v) is 3.38. The molecule has 0 spiro atoms. The molecule has 3 heteroatoms. The van der Waals surface area contributed by atoms with Crippen LogP contribution in [0.1, 0.15) is 71.6 Å². The maximum atomic E-state index is 11.9. The molecule has 0 aromatic carbocycles. The minimum Gasteiger partial charge on any atom is -0.388 e. The first-order chi connectivity index (χ1) is 8.89.